The van der Waals surface area contributed by atoms with E-state index in [1.54, 1.807) is 0 Å². The first-order valence-electron chi connectivity index (χ1n) is 9.28. The van der Waals surface area contributed by atoms with E-state index in [1.165, 1.54) is 5.57 Å². The highest BCUT2D eigenvalue weighted by Gasteiger charge is 2.60. The normalized spacial score (nSPS) is 55.6. The zero-order valence-corrected chi connectivity index (χ0v) is 14.0. The molecule has 3 fully saturated rings. The third-order valence-electron chi connectivity index (χ3n) is 8.11. The fourth-order valence-corrected chi connectivity index (χ4v) is 6.78. The van der Waals surface area contributed by atoms with Crippen LogP contribution < -0.4 is 0 Å². The second-order valence-electron chi connectivity index (χ2n) is 8.82. The molecule has 0 aliphatic heterocycles. The number of hydrogen-bond acceptors (Lipinski definition) is 4. The maximum atomic E-state index is 10.5. The Bertz CT molecular complexity index is 517. The smallest absolute Gasteiger partial charge is 0.0983 e. The van der Waals surface area contributed by atoms with Gasteiger partial charge in [-0.25, -0.2) is 0 Å². The SMILES string of the molecule is C[C@]12CC[C@H]3[C@H](CCC4=C[C@@H](O)[C@@H](O)C[C@@]43CO)[C@@H]1CC[C@@H]2O. The molecular weight excluding hydrogens is 292 g/mol. The van der Waals surface area contributed by atoms with Crippen molar-refractivity contribution in [3.05, 3.63) is 11.6 Å². The van der Waals surface area contributed by atoms with Crippen LogP contribution in [0.1, 0.15) is 51.9 Å². The van der Waals surface area contributed by atoms with Crippen LogP contribution >= 0.6 is 0 Å². The maximum absolute atomic E-state index is 10.5. The van der Waals surface area contributed by atoms with E-state index in [0.717, 1.165) is 38.5 Å². The van der Waals surface area contributed by atoms with E-state index in [9.17, 15) is 20.4 Å². The van der Waals surface area contributed by atoms with Gasteiger partial charge in [0.25, 0.3) is 0 Å². The zero-order chi connectivity index (χ0) is 16.4. The fourth-order valence-electron chi connectivity index (χ4n) is 6.78. The first kappa shape index (κ1) is 16.1. The van der Waals surface area contributed by atoms with Crippen LogP contribution in [0.15, 0.2) is 11.6 Å². The van der Waals surface area contributed by atoms with E-state index in [-0.39, 0.29) is 23.5 Å². The van der Waals surface area contributed by atoms with Gasteiger partial charge in [-0.3, -0.25) is 0 Å². The van der Waals surface area contributed by atoms with Crippen molar-refractivity contribution in [1.29, 1.82) is 0 Å². The van der Waals surface area contributed by atoms with Gasteiger partial charge in [0.15, 0.2) is 0 Å². The molecule has 0 bridgehead atoms. The second kappa shape index (κ2) is 5.29. The molecule has 0 saturated heterocycles. The summed E-state index contributed by atoms with van der Waals surface area (Å²) in [6, 6.07) is 0. The molecule has 0 unspecified atom stereocenters. The van der Waals surface area contributed by atoms with Gasteiger partial charge in [0, 0.05) is 5.41 Å². The lowest BCUT2D eigenvalue weighted by Crippen LogP contribution is -2.55. The quantitative estimate of drug-likeness (QED) is 0.553. The van der Waals surface area contributed by atoms with Crippen molar-refractivity contribution >= 4 is 0 Å². The summed E-state index contributed by atoms with van der Waals surface area (Å²) in [7, 11) is 0. The molecule has 4 aliphatic carbocycles. The summed E-state index contributed by atoms with van der Waals surface area (Å²) in [4.78, 5) is 0. The van der Waals surface area contributed by atoms with Crippen molar-refractivity contribution in [1.82, 2.24) is 0 Å². The highest BCUT2D eigenvalue weighted by molar-refractivity contribution is 5.28. The molecule has 23 heavy (non-hydrogen) atoms. The molecule has 0 spiro atoms. The minimum Gasteiger partial charge on any atom is -0.395 e. The lowest BCUT2D eigenvalue weighted by Gasteiger charge is -2.59. The highest BCUT2D eigenvalue weighted by atomic mass is 16.3. The first-order chi connectivity index (χ1) is 10.9. The number of aliphatic hydroxyl groups excluding tert-OH is 4. The van der Waals surface area contributed by atoms with Crippen LogP contribution in [0.4, 0.5) is 0 Å². The Kier molecular flexibility index (Phi) is 3.69. The van der Waals surface area contributed by atoms with Gasteiger partial charge in [0.05, 0.1) is 24.9 Å². The molecule has 0 aromatic rings. The minimum atomic E-state index is -0.789. The van der Waals surface area contributed by atoms with Crippen molar-refractivity contribution < 1.29 is 20.4 Å². The summed E-state index contributed by atoms with van der Waals surface area (Å²) < 4.78 is 0. The Hall–Kier alpha value is -0.420. The van der Waals surface area contributed by atoms with Crippen LogP contribution in [0.5, 0.6) is 0 Å². The maximum Gasteiger partial charge on any atom is 0.0983 e. The van der Waals surface area contributed by atoms with Crippen molar-refractivity contribution in [3.63, 3.8) is 0 Å². The lowest BCUT2D eigenvalue weighted by molar-refractivity contribution is -0.110. The average Bonchev–Trinajstić information content (AvgIpc) is 2.84. The molecule has 3 saturated carbocycles. The number of rotatable bonds is 1. The van der Waals surface area contributed by atoms with Gasteiger partial charge < -0.3 is 20.4 Å². The Morgan fingerprint density at radius 1 is 1.09 bits per heavy atom. The molecule has 4 N–H and O–H groups in total. The monoisotopic (exact) mass is 322 g/mol. The van der Waals surface area contributed by atoms with Crippen LogP contribution in [0.25, 0.3) is 0 Å². The van der Waals surface area contributed by atoms with Crippen LogP contribution in [0.3, 0.4) is 0 Å². The van der Waals surface area contributed by atoms with E-state index in [2.05, 4.69) is 6.92 Å². The predicted molar refractivity (Wildman–Crippen MR) is 86.5 cm³/mol. The summed E-state index contributed by atoms with van der Waals surface area (Å²) in [5.74, 6) is 1.43. The van der Waals surface area contributed by atoms with Crippen molar-refractivity contribution in [3.8, 4) is 0 Å². The number of fused-ring (bicyclic) bond motifs is 5. The van der Waals surface area contributed by atoms with Crippen LogP contribution in [-0.4, -0.2) is 45.3 Å². The zero-order valence-electron chi connectivity index (χ0n) is 14.0. The summed E-state index contributed by atoms with van der Waals surface area (Å²) >= 11 is 0. The van der Waals surface area contributed by atoms with Gasteiger partial charge in [-0.2, -0.15) is 0 Å². The van der Waals surface area contributed by atoms with Crippen LogP contribution in [0.2, 0.25) is 0 Å². The Labute approximate surface area is 138 Å². The number of aliphatic hydroxyl groups is 4. The standard InChI is InChI=1S/C19H30O4/c1-18-7-6-14-12(13(18)4-5-17(18)23)3-2-11-8-15(21)16(22)9-19(11,14)10-20/h8,12-17,20-23H,2-7,9-10H2,1H3/t12-,13+,14+,15-,16+,17+,18+,19-/m1/s1. The molecule has 8 atom stereocenters. The molecule has 4 aliphatic rings. The molecular formula is C19H30O4. The van der Waals surface area contributed by atoms with Crippen molar-refractivity contribution in [2.75, 3.05) is 6.61 Å². The third kappa shape index (κ3) is 2.05. The Morgan fingerprint density at radius 2 is 1.87 bits per heavy atom. The molecule has 0 aromatic carbocycles. The summed E-state index contributed by atoms with van der Waals surface area (Å²) in [5, 5.41) is 41.0. The van der Waals surface area contributed by atoms with E-state index >= 15 is 0 Å². The predicted octanol–water partition coefficient (Wildman–Crippen LogP) is 1.61. The summed E-state index contributed by atoms with van der Waals surface area (Å²) in [6.07, 6.45) is 6.56. The van der Waals surface area contributed by atoms with Gasteiger partial charge in [0.2, 0.25) is 0 Å². The second-order valence-corrected chi connectivity index (χ2v) is 8.82. The Balaban J connectivity index is 1.71. The van der Waals surface area contributed by atoms with Crippen molar-refractivity contribution in [2.24, 2.45) is 28.6 Å². The first-order valence-corrected chi connectivity index (χ1v) is 9.28. The highest BCUT2D eigenvalue weighted by Crippen LogP contribution is 2.65. The Morgan fingerprint density at radius 3 is 2.61 bits per heavy atom. The molecule has 4 nitrogen and oxygen atoms in total. The molecule has 130 valence electrons. The molecule has 0 heterocycles. The van der Waals surface area contributed by atoms with E-state index < -0.39 is 12.2 Å². The van der Waals surface area contributed by atoms with Crippen molar-refractivity contribution in [2.45, 2.75) is 70.2 Å². The lowest BCUT2D eigenvalue weighted by atomic mass is 9.46. The van der Waals surface area contributed by atoms with Crippen LogP contribution in [-0.2, 0) is 0 Å². The topological polar surface area (TPSA) is 80.9 Å². The fraction of sp³-hybridized carbons (Fsp3) is 0.895. The van der Waals surface area contributed by atoms with E-state index in [1.807, 2.05) is 6.08 Å². The number of hydrogen-bond donors (Lipinski definition) is 4. The summed E-state index contributed by atoms with van der Waals surface area (Å²) in [6.45, 7) is 2.32. The third-order valence-corrected chi connectivity index (χ3v) is 8.11. The molecule has 4 rings (SSSR count). The van der Waals surface area contributed by atoms with Gasteiger partial charge in [-0.15, -0.1) is 0 Å². The largest absolute Gasteiger partial charge is 0.395 e. The van der Waals surface area contributed by atoms with E-state index in [4.69, 9.17) is 0 Å². The van der Waals surface area contributed by atoms with Gasteiger partial charge in [-0.1, -0.05) is 18.6 Å². The van der Waals surface area contributed by atoms with Crippen LogP contribution in [0, 0.1) is 28.6 Å². The molecule has 0 radical (unpaired) electrons. The van der Waals surface area contributed by atoms with Gasteiger partial charge in [0.1, 0.15) is 0 Å². The molecule has 0 aromatic heterocycles. The van der Waals surface area contributed by atoms with Gasteiger partial charge in [-0.05, 0) is 68.1 Å². The van der Waals surface area contributed by atoms with E-state index in [0.29, 0.717) is 24.2 Å². The van der Waals surface area contributed by atoms with Gasteiger partial charge >= 0.3 is 0 Å². The average molecular weight is 322 g/mol. The summed E-state index contributed by atoms with van der Waals surface area (Å²) in [5.41, 5.74) is 0.851. The minimum absolute atomic E-state index is 0.0336. The molecule has 4 heteroatoms. The molecule has 0 amide bonds.